The van der Waals surface area contributed by atoms with Crippen LogP contribution in [0.5, 0.6) is 0 Å². The van der Waals surface area contributed by atoms with E-state index in [2.05, 4.69) is 10.1 Å². The second-order valence-corrected chi connectivity index (χ2v) is 7.50. The first-order valence-corrected chi connectivity index (χ1v) is 8.28. The molecule has 10 heteroatoms. The molecule has 1 N–H and O–H groups in total. The molecule has 0 aromatic carbocycles. The van der Waals surface area contributed by atoms with Crippen LogP contribution in [-0.4, -0.2) is 51.6 Å². The highest BCUT2D eigenvalue weighted by molar-refractivity contribution is 7.54. The van der Waals surface area contributed by atoms with Crippen LogP contribution in [0.3, 0.4) is 0 Å². The van der Waals surface area contributed by atoms with Gasteiger partial charge in [0.15, 0.2) is 0 Å². The van der Waals surface area contributed by atoms with E-state index in [-0.39, 0.29) is 6.54 Å². The van der Waals surface area contributed by atoms with Crippen LogP contribution in [0.4, 0.5) is 9.59 Å². The number of nitrogens with one attached hydrogen (secondary N) is 1. The van der Waals surface area contributed by atoms with Gasteiger partial charge in [0.25, 0.3) is 0 Å². The highest BCUT2D eigenvalue weighted by Crippen LogP contribution is 2.52. The van der Waals surface area contributed by atoms with Gasteiger partial charge in [0.1, 0.15) is 5.60 Å². The number of alkyl carbamates (subject to hydrolysis) is 1. The fourth-order valence-corrected chi connectivity index (χ4v) is 2.39. The molecule has 0 aliphatic rings. The Bertz CT molecular complexity index is 463. The highest BCUT2D eigenvalue weighted by atomic mass is 31.2. The Hall–Kier alpha value is -1.57. The van der Waals surface area contributed by atoms with Crippen LogP contribution in [0.15, 0.2) is 12.2 Å². The standard InChI is InChI=1S/C13H24NO8P/c1-13(2,3)22-11(15)14-9-7-8-10(21-12(16)18-4)23(17,19-5)20-6/h7-8,10H,9H2,1-6H3,(H,14,15)/b8-7+. The Kier molecular flexibility index (Phi) is 8.89. The molecule has 1 amide bonds. The molecule has 0 bridgehead atoms. The molecule has 0 saturated heterocycles. The van der Waals surface area contributed by atoms with Gasteiger partial charge in [-0.25, -0.2) is 9.59 Å². The van der Waals surface area contributed by atoms with Gasteiger partial charge in [0, 0.05) is 20.8 Å². The molecule has 0 aromatic rings. The van der Waals surface area contributed by atoms with E-state index in [9.17, 15) is 14.2 Å². The minimum absolute atomic E-state index is 0.0589. The number of rotatable bonds is 7. The minimum atomic E-state index is -3.71. The molecule has 0 saturated carbocycles. The SMILES string of the molecule is COC(=O)OC(/C=C/CNC(=O)OC(C)(C)C)P(=O)(OC)OC. The molecule has 9 nitrogen and oxygen atoms in total. The first-order valence-electron chi connectivity index (χ1n) is 6.67. The van der Waals surface area contributed by atoms with E-state index in [1.54, 1.807) is 20.8 Å². The Labute approximate surface area is 135 Å². The quantitative estimate of drug-likeness (QED) is 0.423. The Morgan fingerprint density at radius 3 is 2.17 bits per heavy atom. The van der Waals surface area contributed by atoms with Crippen molar-refractivity contribution in [3.05, 3.63) is 12.2 Å². The van der Waals surface area contributed by atoms with Crippen molar-refractivity contribution in [1.82, 2.24) is 5.32 Å². The average Bonchev–Trinajstić information content (AvgIpc) is 2.47. The smallest absolute Gasteiger partial charge is 0.444 e. The van der Waals surface area contributed by atoms with Crippen molar-refractivity contribution >= 4 is 19.8 Å². The van der Waals surface area contributed by atoms with Crippen molar-refractivity contribution in [2.45, 2.75) is 32.2 Å². The summed E-state index contributed by atoms with van der Waals surface area (Å²) in [5.41, 5.74) is -0.619. The first kappa shape index (κ1) is 21.4. The van der Waals surface area contributed by atoms with Crippen LogP contribution in [0.25, 0.3) is 0 Å². The summed E-state index contributed by atoms with van der Waals surface area (Å²) in [5, 5.41) is 2.46. The maximum absolute atomic E-state index is 12.3. The molecule has 0 radical (unpaired) electrons. The van der Waals surface area contributed by atoms with Gasteiger partial charge >= 0.3 is 19.8 Å². The van der Waals surface area contributed by atoms with Gasteiger partial charge in [-0.05, 0) is 26.8 Å². The number of carbonyl (C=O) groups is 2. The fourth-order valence-electron chi connectivity index (χ4n) is 1.28. The van der Waals surface area contributed by atoms with Gasteiger partial charge in [-0.1, -0.05) is 6.08 Å². The second kappa shape index (κ2) is 9.54. The van der Waals surface area contributed by atoms with Gasteiger partial charge in [-0.2, -0.15) is 0 Å². The summed E-state index contributed by atoms with van der Waals surface area (Å²) in [5.74, 6) is -1.31. The Morgan fingerprint density at radius 1 is 1.17 bits per heavy atom. The lowest BCUT2D eigenvalue weighted by molar-refractivity contribution is 0.0531. The first-order chi connectivity index (χ1) is 10.6. The summed E-state index contributed by atoms with van der Waals surface area (Å²) >= 11 is 0. The maximum Gasteiger partial charge on any atom is 0.509 e. The number of ether oxygens (including phenoxy) is 3. The predicted molar refractivity (Wildman–Crippen MR) is 82.3 cm³/mol. The number of hydrogen-bond acceptors (Lipinski definition) is 8. The average molecular weight is 353 g/mol. The van der Waals surface area contributed by atoms with Crippen LogP contribution in [0.2, 0.25) is 0 Å². The number of amides is 1. The van der Waals surface area contributed by atoms with Gasteiger partial charge in [-0.3, -0.25) is 4.57 Å². The summed E-state index contributed by atoms with van der Waals surface area (Å²) in [6.45, 7) is 5.26. The van der Waals surface area contributed by atoms with E-state index in [1.807, 2.05) is 0 Å². The van der Waals surface area contributed by atoms with Gasteiger partial charge in [0.05, 0.1) is 7.11 Å². The van der Waals surface area contributed by atoms with E-state index < -0.39 is 31.3 Å². The molecular weight excluding hydrogens is 329 g/mol. The molecule has 23 heavy (non-hydrogen) atoms. The summed E-state index contributed by atoms with van der Waals surface area (Å²) in [7, 11) is -0.286. The zero-order valence-electron chi connectivity index (χ0n) is 14.2. The highest BCUT2D eigenvalue weighted by Gasteiger charge is 2.35. The zero-order valence-corrected chi connectivity index (χ0v) is 15.0. The summed E-state index contributed by atoms with van der Waals surface area (Å²) in [6, 6.07) is 0. The maximum atomic E-state index is 12.3. The summed E-state index contributed by atoms with van der Waals surface area (Å²) in [6.07, 6.45) is 1.02. The van der Waals surface area contributed by atoms with Crippen LogP contribution in [0, 0.1) is 0 Å². The lowest BCUT2D eigenvalue weighted by Crippen LogP contribution is -2.32. The number of hydrogen-bond donors (Lipinski definition) is 1. The number of methoxy groups -OCH3 is 1. The Balaban J connectivity index is 4.74. The monoisotopic (exact) mass is 353 g/mol. The molecule has 134 valence electrons. The van der Waals surface area contributed by atoms with Gasteiger partial charge in [-0.15, -0.1) is 0 Å². The topological polar surface area (TPSA) is 109 Å². The van der Waals surface area contributed by atoms with Crippen molar-refractivity contribution < 1.29 is 37.4 Å². The molecule has 0 heterocycles. The van der Waals surface area contributed by atoms with E-state index in [4.69, 9.17) is 18.5 Å². The predicted octanol–water partition coefficient (Wildman–Crippen LogP) is 2.66. The minimum Gasteiger partial charge on any atom is -0.444 e. The molecule has 1 atom stereocenters. The molecular formula is C13H24NO8P. The normalized spacial score (nSPS) is 13.5. The molecule has 0 aliphatic heterocycles. The Morgan fingerprint density at radius 2 is 1.74 bits per heavy atom. The third kappa shape index (κ3) is 8.59. The lowest BCUT2D eigenvalue weighted by atomic mass is 10.2. The second-order valence-electron chi connectivity index (χ2n) is 5.18. The zero-order chi connectivity index (χ0) is 18.1. The van der Waals surface area contributed by atoms with Crippen molar-refractivity contribution in [3.8, 4) is 0 Å². The third-order valence-corrected chi connectivity index (χ3v) is 4.19. The fraction of sp³-hybridized carbons (Fsp3) is 0.692. The molecule has 1 unspecified atom stereocenters. The molecule has 0 fully saturated rings. The van der Waals surface area contributed by atoms with Crippen LogP contribution in [-0.2, 0) is 27.8 Å². The van der Waals surface area contributed by atoms with E-state index in [0.29, 0.717) is 0 Å². The van der Waals surface area contributed by atoms with Crippen molar-refractivity contribution in [3.63, 3.8) is 0 Å². The van der Waals surface area contributed by atoms with Crippen LogP contribution in [0.1, 0.15) is 20.8 Å². The van der Waals surface area contributed by atoms with Crippen molar-refractivity contribution in [2.75, 3.05) is 27.9 Å². The summed E-state index contributed by atoms with van der Waals surface area (Å²) < 4.78 is 36.0. The largest absolute Gasteiger partial charge is 0.509 e. The molecule has 0 aromatic heterocycles. The van der Waals surface area contributed by atoms with Gasteiger partial charge < -0.3 is 28.6 Å². The lowest BCUT2D eigenvalue weighted by Gasteiger charge is -2.21. The van der Waals surface area contributed by atoms with E-state index in [1.165, 1.54) is 12.2 Å². The van der Waals surface area contributed by atoms with E-state index >= 15 is 0 Å². The number of carbonyl (C=O) groups excluding carboxylic acids is 2. The third-order valence-electron chi connectivity index (χ3n) is 2.27. The van der Waals surface area contributed by atoms with E-state index in [0.717, 1.165) is 21.3 Å². The van der Waals surface area contributed by atoms with Crippen molar-refractivity contribution in [1.29, 1.82) is 0 Å². The molecule has 0 spiro atoms. The van der Waals surface area contributed by atoms with Crippen LogP contribution < -0.4 is 5.32 Å². The molecule has 0 aliphatic carbocycles. The van der Waals surface area contributed by atoms with Crippen LogP contribution >= 0.6 is 7.60 Å². The molecule has 0 rings (SSSR count). The summed E-state index contributed by atoms with van der Waals surface area (Å²) in [4.78, 5) is 22.7. The van der Waals surface area contributed by atoms with Gasteiger partial charge in [0.2, 0.25) is 5.85 Å². The van der Waals surface area contributed by atoms with Crippen molar-refractivity contribution in [2.24, 2.45) is 0 Å².